The van der Waals surface area contributed by atoms with Gasteiger partial charge in [-0.1, -0.05) is 36.4 Å². The van der Waals surface area contributed by atoms with Crippen LogP contribution in [-0.4, -0.2) is 34.5 Å². The van der Waals surface area contributed by atoms with Crippen molar-refractivity contribution in [2.75, 3.05) is 5.32 Å². The normalized spacial score (nSPS) is 12.4. The van der Waals surface area contributed by atoms with E-state index in [1.54, 1.807) is 42.5 Å². The summed E-state index contributed by atoms with van der Waals surface area (Å²) >= 11 is 0. The summed E-state index contributed by atoms with van der Waals surface area (Å²) in [5.41, 5.74) is -0.0937. The average molecular weight is 494 g/mol. The largest absolute Gasteiger partial charge is 0.330 e. The number of hydrogen-bond donors (Lipinski definition) is 2. The fourth-order valence-corrected chi connectivity index (χ4v) is 4.91. The first-order valence-corrected chi connectivity index (χ1v) is 12.1. The van der Waals surface area contributed by atoms with E-state index in [1.165, 1.54) is 43.1 Å². The minimum absolute atomic E-state index is 0.0648. The summed E-state index contributed by atoms with van der Waals surface area (Å²) in [6.45, 7) is 0. The Hall–Kier alpha value is -4.09. The maximum Gasteiger partial charge on any atom is 0.330 e. The van der Waals surface area contributed by atoms with Crippen molar-refractivity contribution in [2.45, 2.75) is 17.4 Å². The molecule has 1 amide bonds. The second kappa shape index (κ2) is 9.65. The van der Waals surface area contributed by atoms with Crippen LogP contribution in [0.1, 0.15) is 5.56 Å². The van der Waals surface area contributed by atoms with Crippen molar-refractivity contribution in [3.8, 4) is 0 Å². The summed E-state index contributed by atoms with van der Waals surface area (Å²) in [6, 6.07) is 16.7. The molecule has 0 aliphatic heterocycles. The Kier molecular flexibility index (Phi) is 6.63. The van der Waals surface area contributed by atoms with Crippen molar-refractivity contribution in [1.29, 1.82) is 0 Å². The molecule has 0 fully saturated rings. The lowest BCUT2D eigenvalue weighted by Gasteiger charge is -2.19. The molecule has 0 aliphatic carbocycles. The smallest absolute Gasteiger partial charge is 0.309 e. The third-order valence-corrected chi connectivity index (χ3v) is 7.03. The number of carbonyl (C=O) groups is 1. The van der Waals surface area contributed by atoms with Crippen LogP contribution in [0.2, 0.25) is 0 Å². The molecule has 2 aromatic heterocycles. The number of anilines is 1. The quantitative estimate of drug-likeness (QED) is 0.397. The maximum absolute atomic E-state index is 13.3. The summed E-state index contributed by atoms with van der Waals surface area (Å²) in [7, 11) is -1.41. The van der Waals surface area contributed by atoms with E-state index < -0.39 is 33.2 Å². The number of aromatic nitrogens is 3. The summed E-state index contributed by atoms with van der Waals surface area (Å²) < 4.78 is 31.2. The van der Waals surface area contributed by atoms with Crippen LogP contribution in [0, 0.1) is 0 Å². The highest BCUT2D eigenvalue weighted by atomic mass is 32.2. The van der Waals surface area contributed by atoms with Crippen molar-refractivity contribution >= 4 is 32.7 Å². The van der Waals surface area contributed by atoms with Crippen LogP contribution in [0.15, 0.2) is 87.4 Å². The topological polar surface area (TPSA) is 132 Å². The van der Waals surface area contributed by atoms with Gasteiger partial charge in [0.05, 0.1) is 15.8 Å². The van der Waals surface area contributed by atoms with Crippen LogP contribution in [0.4, 0.5) is 5.82 Å². The molecule has 11 heteroatoms. The third kappa shape index (κ3) is 5.05. The van der Waals surface area contributed by atoms with E-state index in [0.717, 1.165) is 10.1 Å². The molecule has 1 unspecified atom stereocenters. The van der Waals surface area contributed by atoms with Gasteiger partial charge in [-0.25, -0.2) is 18.2 Å². The van der Waals surface area contributed by atoms with Gasteiger partial charge >= 0.3 is 5.69 Å². The second-order valence-corrected chi connectivity index (χ2v) is 9.67. The van der Waals surface area contributed by atoms with Gasteiger partial charge < -0.3 is 5.32 Å². The first kappa shape index (κ1) is 24.0. The molecule has 0 bridgehead atoms. The molecule has 2 aromatic carbocycles. The van der Waals surface area contributed by atoms with E-state index in [0.29, 0.717) is 5.52 Å². The van der Waals surface area contributed by atoms with Crippen molar-refractivity contribution in [3.63, 3.8) is 0 Å². The van der Waals surface area contributed by atoms with E-state index in [4.69, 9.17) is 0 Å². The summed E-state index contributed by atoms with van der Waals surface area (Å²) in [5.74, 6) is -0.305. The third-order valence-electron chi connectivity index (χ3n) is 5.56. The number of nitrogens with zero attached hydrogens (tertiary/aromatic N) is 3. The van der Waals surface area contributed by atoms with Gasteiger partial charge in [0.15, 0.2) is 0 Å². The molecule has 35 heavy (non-hydrogen) atoms. The van der Waals surface area contributed by atoms with E-state index >= 15 is 0 Å². The van der Waals surface area contributed by atoms with Gasteiger partial charge in [0.25, 0.3) is 5.56 Å². The lowest BCUT2D eigenvalue weighted by atomic mass is 10.1. The lowest BCUT2D eigenvalue weighted by molar-refractivity contribution is -0.117. The Bertz CT molecular complexity index is 1610. The van der Waals surface area contributed by atoms with Crippen molar-refractivity contribution < 1.29 is 13.2 Å². The summed E-state index contributed by atoms with van der Waals surface area (Å²) in [4.78, 5) is 41.7. The first-order valence-electron chi connectivity index (χ1n) is 10.7. The van der Waals surface area contributed by atoms with Gasteiger partial charge in [0.2, 0.25) is 15.9 Å². The van der Waals surface area contributed by atoms with E-state index in [2.05, 4.69) is 15.0 Å². The number of pyridine rings is 1. The molecule has 10 nitrogen and oxygen atoms in total. The van der Waals surface area contributed by atoms with E-state index in [1.807, 2.05) is 6.07 Å². The Morgan fingerprint density at radius 2 is 1.69 bits per heavy atom. The number of aryl methyl sites for hydroxylation is 1. The fraction of sp³-hybridized carbons (Fsp3) is 0.167. The molecule has 4 aromatic rings. The minimum atomic E-state index is -4.23. The zero-order valence-electron chi connectivity index (χ0n) is 19.0. The standard InChI is InChI=1S/C24H23N5O5S/c1-28-20-12-11-17(15-18(20)23(31)29(2)24(28)32)35(33,34)27-19(14-16-8-4-3-5-9-16)22(30)26-21-10-6-7-13-25-21/h3-13,15,19,27H,14H2,1-2H3,(H,25,26,30). The lowest BCUT2D eigenvalue weighted by Crippen LogP contribution is -2.45. The SMILES string of the molecule is Cn1c(=O)c2cc(S(=O)(=O)NC(Cc3ccccc3)C(=O)Nc3ccccn3)ccc2n(C)c1=O. The molecule has 0 saturated heterocycles. The van der Waals surface area contributed by atoms with Crippen LogP contribution in [0.3, 0.4) is 0 Å². The molecule has 180 valence electrons. The average Bonchev–Trinajstić information content (AvgIpc) is 2.86. The second-order valence-electron chi connectivity index (χ2n) is 7.95. The number of amides is 1. The summed E-state index contributed by atoms with van der Waals surface area (Å²) in [5, 5.41) is 2.69. The minimum Gasteiger partial charge on any atom is -0.309 e. The number of rotatable bonds is 7. The van der Waals surface area contributed by atoms with Gasteiger partial charge in [0, 0.05) is 20.3 Å². The maximum atomic E-state index is 13.3. The molecule has 0 radical (unpaired) electrons. The van der Waals surface area contributed by atoms with Gasteiger partial charge in [-0.05, 0) is 42.3 Å². The number of sulfonamides is 1. The molecule has 0 aliphatic rings. The zero-order valence-corrected chi connectivity index (χ0v) is 19.8. The van der Waals surface area contributed by atoms with Gasteiger partial charge in [-0.15, -0.1) is 0 Å². The van der Waals surface area contributed by atoms with Gasteiger partial charge in [0.1, 0.15) is 11.9 Å². The molecule has 4 rings (SSSR count). The Morgan fingerprint density at radius 1 is 0.971 bits per heavy atom. The van der Waals surface area contributed by atoms with Crippen molar-refractivity contribution in [2.24, 2.45) is 14.1 Å². The Morgan fingerprint density at radius 3 is 2.37 bits per heavy atom. The van der Waals surface area contributed by atoms with Gasteiger partial charge in [-0.3, -0.25) is 18.7 Å². The Balaban J connectivity index is 1.71. The number of benzene rings is 2. The number of fused-ring (bicyclic) bond motifs is 1. The van der Waals surface area contributed by atoms with Crippen LogP contribution in [0.5, 0.6) is 0 Å². The zero-order chi connectivity index (χ0) is 25.2. The molecular formula is C24H23N5O5S. The number of hydrogen-bond acceptors (Lipinski definition) is 6. The van der Waals surface area contributed by atoms with Crippen molar-refractivity contribution in [3.05, 3.63) is 99.3 Å². The molecule has 1 atom stereocenters. The highest BCUT2D eigenvalue weighted by molar-refractivity contribution is 7.89. The van der Waals surface area contributed by atoms with Crippen LogP contribution >= 0.6 is 0 Å². The molecule has 2 N–H and O–H groups in total. The fourth-order valence-electron chi connectivity index (χ4n) is 3.68. The molecule has 0 spiro atoms. The van der Waals surface area contributed by atoms with Crippen LogP contribution in [-0.2, 0) is 35.3 Å². The summed E-state index contributed by atoms with van der Waals surface area (Å²) in [6.07, 6.45) is 1.59. The first-order chi connectivity index (χ1) is 16.7. The Labute approximate surface area is 200 Å². The molecule has 2 heterocycles. The number of carbonyl (C=O) groups excluding carboxylic acids is 1. The molecular weight excluding hydrogens is 470 g/mol. The predicted octanol–water partition coefficient (Wildman–Crippen LogP) is 1.16. The van der Waals surface area contributed by atoms with Crippen LogP contribution < -0.4 is 21.3 Å². The molecule has 0 saturated carbocycles. The highest BCUT2D eigenvalue weighted by Gasteiger charge is 2.27. The monoisotopic (exact) mass is 493 g/mol. The predicted molar refractivity (Wildman–Crippen MR) is 132 cm³/mol. The van der Waals surface area contributed by atoms with Gasteiger partial charge in [-0.2, -0.15) is 4.72 Å². The number of nitrogens with one attached hydrogen (secondary N) is 2. The van der Waals surface area contributed by atoms with Crippen molar-refractivity contribution in [1.82, 2.24) is 18.8 Å². The van der Waals surface area contributed by atoms with E-state index in [9.17, 15) is 22.8 Å². The van der Waals surface area contributed by atoms with Crippen LogP contribution in [0.25, 0.3) is 10.9 Å². The van der Waals surface area contributed by atoms with E-state index in [-0.39, 0.29) is 22.5 Å². The highest BCUT2D eigenvalue weighted by Crippen LogP contribution is 2.17.